The van der Waals surface area contributed by atoms with Crippen LogP contribution in [0.5, 0.6) is 0 Å². The van der Waals surface area contributed by atoms with Gasteiger partial charge in [-0.25, -0.2) is 0 Å². The minimum absolute atomic E-state index is 1.15. The first-order valence-electron chi connectivity index (χ1n) is 8.25. The zero-order chi connectivity index (χ0) is 14.5. The Morgan fingerprint density at radius 1 is 0.800 bits per heavy atom. The third-order valence-electron chi connectivity index (χ3n) is 3.65. The van der Waals surface area contributed by atoms with Gasteiger partial charge in [-0.2, -0.15) is 0 Å². The molecule has 1 aromatic carbocycles. The van der Waals surface area contributed by atoms with E-state index in [0.29, 0.717) is 0 Å². The van der Waals surface area contributed by atoms with Crippen LogP contribution in [0.25, 0.3) is 6.08 Å². The molecule has 0 bridgehead atoms. The van der Waals surface area contributed by atoms with E-state index < -0.39 is 0 Å². The van der Waals surface area contributed by atoms with Gasteiger partial charge < -0.3 is 0 Å². The molecule has 0 unspecified atom stereocenters. The first kappa shape index (κ1) is 17.5. The minimum atomic E-state index is 1.15. The zero-order valence-electron chi connectivity index (χ0n) is 12.9. The summed E-state index contributed by atoms with van der Waals surface area (Å²) in [5.41, 5.74) is 1.30. The lowest BCUT2D eigenvalue weighted by Crippen LogP contribution is -1.80. The molecule has 0 saturated heterocycles. The van der Waals surface area contributed by atoms with Crippen molar-refractivity contribution >= 4 is 22.0 Å². The van der Waals surface area contributed by atoms with Gasteiger partial charge in [-0.15, -0.1) is 0 Å². The molecule has 0 heterocycles. The highest BCUT2D eigenvalue weighted by Crippen LogP contribution is 2.13. The summed E-state index contributed by atoms with van der Waals surface area (Å²) < 4.78 is 1.15. The molecule has 0 N–H and O–H groups in total. The molecule has 1 rings (SSSR count). The van der Waals surface area contributed by atoms with Gasteiger partial charge in [0.15, 0.2) is 0 Å². The highest BCUT2D eigenvalue weighted by atomic mass is 79.9. The Kier molecular flexibility index (Phi) is 10.7. The minimum Gasteiger partial charge on any atom is -0.0839 e. The van der Waals surface area contributed by atoms with Gasteiger partial charge in [-0.1, -0.05) is 98.5 Å². The van der Waals surface area contributed by atoms with Crippen LogP contribution in [0.4, 0.5) is 0 Å². The van der Waals surface area contributed by atoms with Crippen LogP contribution in [0.3, 0.4) is 0 Å². The number of benzene rings is 1. The first-order valence-corrected chi connectivity index (χ1v) is 9.04. The topological polar surface area (TPSA) is 0 Å². The average Bonchev–Trinajstić information content (AvgIpc) is 2.47. The van der Waals surface area contributed by atoms with Crippen LogP contribution in [-0.2, 0) is 0 Å². The van der Waals surface area contributed by atoms with Gasteiger partial charge in [-0.05, 0) is 30.5 Å². The lowest BCUT2D eigenvalue weighted by molar-refractivity contribution is 0.566. The van der Waals surface area contributed by atoms with Gasteiger partial charge in [0, 0.05) is 4.47 Å². The molecule has 0 nitrogen and oxygen atoms in total. The summed E-state index contributed by atoms with van der Waals surface area (Å²) >= 11 is 3.46. The van der Waals surface area contributed by atoms with Crippen molar-refractivity contribution in [2.24, 2.45) is 0 Å². The molecule has 0 aliphatic carbocycles. The van der Waals surface area contributed by atoms with Crippen molar-refractivity contribution in [1.82, 2.24) is 0 Å². The van der Waals surface area contributed by atoms with Crippen LogP contribution >= 0.6 is 15.9 Å². The van der Waals surface area contributed by atoms with Gasteiger partial charge in [0.1, 0.15) is 0 Å². The van der Waals surface area contributed by atoms with Crippen molar-refractivity contribution < 1.29 is 0 Å². The fourth-order valence-electron chi connectivity index (χ4n) is 2.37. The summed E-state index contributed by atoms with van der Waals surface area (Å²) in [6.45, 7) is 2.28. The zero-order valence-corrected chi connectivity index (χ0v) is 14.5. The maximum atomic E-state index is 3.46. The van der Waals surface area contributed by atoms with E-state index in [2.05, 4.69) is 59.3 Å². The maximum Gasteiger partial charge on any atom is 0.0175 e. The van der Waals surface area contributed by atoms with Gasteiger partial charge in [0.05, 0.1) is 0 Å². The molecule has 0 atom stereocenters. The largest absolute Gasteiger partial charge is 0.0839 e. The fraction of sp³-hybridized carbons (Fsp3) is 0.579. The summed E-state index contributed by atoms with van der Waals surface area (Å²) in [5, 5.41) is 0. The summed E-state index contributed by atoms with van der Waals surface area (Å²) in [5.74, 6) is 0. The van der Waals surface area contributed by atoms with Crippen molar-refractivity contribution in [2.45, 2.75) is 71.1 Å². The van der Waals surface area contributed by atoms with E-state index in [1.807, 2.05) is 0 Å². The molecule has 0 aliphatic rings. The molecule has 1 heteroatoms. The number of unbranched alkanes of at least 4 members (excludes halogenated alkanes) is 9. The molecule has 0 spiro atoms. The van der Waals surface area contributed by atoms with E-state index in [4.69, 9.17) is 0 Å². The summed E-state index contributed by atoms with van der Waals surface area (Å²) in [6.07, 6.45) is 18.4. The molecule has 0 saturated carbocycles. The summed E-state index contributed by atoms with van der Waals surface area (Å²) in [6, 6.07) is 8.49. The lowest BCUT2D eigenvalue weighted by atomic mass is 10.1. The highest BCUT2D eigenvalue weighted by Gasteiger charge is 1.91. The lowest BCUT2D eigenvalue weighted by Gasteiger charge is -2.00. The average molecular weight is 337 g/mol. The Labute approximate surface area is 133 Å². The first-order chi connectivity index (χ1) is 9.83. The van der Waals surface area contributed by atoms with Crippen LogP contribution in [0.2, 0.25) is 0 Å². The normalized spacial score (nSPS) is 11.3. The van der Waals surface area contributed by atoms with Crippen LogP contribution in [0, 0.1) is 0 Å². The molecular weight excluding hydrogens is 308 g/mol. The predicted molar refractivity (Wildman–Crippen MR) is 95.0 cm³/mol. The molecule has 0 radical (unpaired) electrons. The highest BCUT2D eigenvalue weighted by molar-refractivity contribution is 9.10. The van der Waals surface area contributed by atoms with Crippen LogP contribution in [0.15, 0.2) is 34.8 Å². The van der Waals surface area contributed by atoms with Gasteiger partial charge in [0.2, 0.25) is 0 Å². The van der Waals surface area contributed by atoms with Crippen molar-refractivity contribution in [3.8, 4) is 0 Å². The second-order valence-electron chi connectivity index (χ2n) is 5.57. The molecule has 1 aromatic rings. The van der Waals surface area contributed by atoms with Crippen molar-refractivity contribution in [2.75, 3.05) is 0 Å². The predicted octanol–water partition coefficient (Wildman–Crippen LogP) is 7.38. The molecule has 0 aromatic heterocycles. The van der Waals surface area contributed by atoms with E-state index in [0.717, 1.165) is 4.47 Å². The van der Waals surface area contributed by atoms with E-state index in [1.165, 1.54) is 69.8 Å². The number of allylic oxidation sites excluding steroid dienone is 1. The molecular formula is C19H29Br. The smallest absolute Gasteiger partial charge is 0.0175 e. The van der Waals surface area contributed by atoms with Crippen molar-refractivity contribution in [3.63, 3.8) is 0 Å². The number of rotatable bonds is 11. The maximum absolute atomic E-state index is 3.46. The number of halogens is 1. The Bertz CT molecular complexity index is 351. The molecule has 20 heavy (non-hydrogen) atoms. The molecule has 0 fully saturated rings. The number of hydrogen-bond donors (Lipinski definition) is 0. The van der Waals surface area contributed by atoms with E-state index in [1.54, 1.807) is 0 Å². The summed E-state index contributed by atoms with van der Waals surface area (Å²) in [7, 11) is 0. The Hall–Kier alpha value is -0.560. The van der Waals surface area contributed by atoms with Gasteiger partial charge in [-0.3, -0.25) is 0 Å². The third kappa shape index (κ3) is 9.36. The van der Waals surface area contributed by atoms with E-state index in [-0.39, 0.29) is 0 Å². The van der Waals surface area contributed by atoms with Crippen LogP contribution in [0.1, 0.15) is 76.7 Å². The quantitative estimate of drug-likeness (QED) is 0.369. The van der Waals surface area contributed by atoms with Crippen molar-refractivity contribution in [1.29, 1.82) is 0 Å². The van der Waals surface area contributed by atoms with Gasteiger partial charge in [0.25, 0.3) is 0 Å². The van der Waals surface area contributed by atoms with Crippen molar-refractivity contribution in [3.05, 3.63) is 40.4 Å². The summed E-state index contributed by atoms with van der Waals surface area (Å²) in [4.78, 5) is 0. The molecule has 112 valence electrons. The molecule has 0 amide bonds. The van der Waals surface area contributed by atoms with Crippen LogP contribution < -0.4 is 0 Å². The number of hydrogen-bond acceptors (Lipinski definition) is 0. The second-order valence-corrected chi connectivity index (χ2v) is 6.49. The Balaban J connectivity index is 1.93. The third-order valence-corrected chi connectivity index (χ3v) is 4.18. The monoisotopic (exact) mass is 336 g/mol. The van der Waals surface area contributed by atoms with E-state index in [9.17, 15) is 0 Å². The standard InChI is InChI=1S/C19H29Br/c1-2-3-4-5-6-7-8-9-10-11-12-13-18-14-16-19(20)17-15-18/h12-17H,2-11H2,1H3/b13-12+. The Morgan fingerprint density at radius 2 is 1.35 bits per heavy atom. The SMILES string of the molecule is CCCCCCCCCCC/C=C/c1ccc(Br)cc1. The fourth-order valence-corrected chi connectivity index (χ4v) is 2.63. The van der Waals surface area contributed by atoms with Gasteiger partial charge >= 0.3 is 0 Å². The second kappa shape index (κ2) is 12.2. The van der Waals surface area contributed by atoms with Crippen LogP contribution in [-0.4, -0.2) is 0 Å². The Morgan fingerprint density at radius 3 is 1.95 bits per heavy atom. The molecule has 0 aliphatic heterocycles. The van der Waals surface area contributed by atoms with E-state index >= 15 is 0 Å².